The normalized spacial score (nSPS) is 10.8. The average Bonchev–Trinajstić information content (AvgIpc) is 2.58. The van der Waals surface area contributed by atoms with Crippen molar-refractivity contribution < 1.29 is 28.5 Å². The second kappa shape index (κ2) is 12.3. The first kappa shape index (κ1) is 19.9. The van der Waals surface area contributed by atoms with Gasteiger partial charge in [0.05, 0.1) is 33.5 Å². The zero-order valence-corrected chi connectivity index (χ0v) is 14.2. The Kier molecular flexibility index (Phi) is 10.2. The average molecular weight is 336 g/mol. The van der Waals surface area contributed by atoms with Crippen LogP contribution in [0.1, 0.15) is 18.9 Å². The van der Waals surface area contributed by atoms with Gasteiger partial charge in [-0.2, -0.15) is 0 Å². The van der Waals surface area contributed by atoms with Crippen molar-refractivity contribution >= 4 is 11.8 Å². The van der Waals surface area contributed by atoms with E-state index >= 15 is 0 Å². The van der Waals surface area contributed by atoms with E-state index in [9.17, 15) is 9.59 Å². The largest absolute Gasteiger partial charge is 0.497 e. The lowest BCUT2D eigenvalue weighted by Gasteiger charge is -2.04. The zero-order chi connectivity index (χ0) is 17.6. The monoisotopic (exact) mass is 336 g/mol. The topological polar surface area (TPSA) is 71.1 Å². The van der Waals surface area contributed by atoms with Crippen molar-refractivity contribution in [3.8, 4) is 5.75 Å². The van der Waals surface area contributed by atoms with Gasteiger partial charge in [0, 0.05) is 0 Å². The second-order valence-electron chi connectivity index (χ2n) is 4.87. The molecular weight excluding hydrogens is 312 g/mol. The molecule has 1 aromatic carbocycles. The Bertz CT molecular complexity index is 521. The van der Waals surface area contributed by atoms with Gasteiger partial charge in [-0.15, -0.1) is 0 Å². The summed E-state index contributed by atoms with van der Waals surface area (Å²) < 4.78 is 20.4. The Labute approximate surface area is 142 Å². The van der Waals surface area contributed by atoms with Gasteiger partial charge >= 0.3 is 5.97 Å². The van der Waals surface area contributed by atoms with Crippen LogP contribution in [0.4, 0.5) is 0 Å². The van der Waals surface area contributed by atoms with Crippen molar-refractivity contribution in [2.45, 2.75) is 20.0 Å². The molecule has 6 heteroatoms. The fourth-order valence-corrected chi connectivity index (χ4v) is 1.77. The minimum absolute atomic E-state index is 0.101. The minimum Gasteiger partial charge on any atom is -0.497 e. The van der Waals surface area contributed by atoms with Crippen LogP contribution in [-0.2, 0) is 30.4 Å². The number of carbonyl (C=O) groups is 2. The number of ketones is 1. The molecule has 0 aliphatic rings. The van der Waals surface area contributed by atoms with E-state index < -0.39 is 5.97 Å². The third kappa shape index (κ3) is 9.07. The van der Waals surface area contributed by atoms with Gasteiger partial charge in [0.1, 0.15) is 18.8 Å². The van der Waals surface area contributed by atoms with Crippen molar-refractivity contribution in [1.29, 1.82) is 0 Å². The highest BCUT2D eigenvalue weighted by Gasteiger charge is 2.09. The van der Waals surface area contributed by atoms with E-state index in [0.29, 0.717) is 19.8 Å². The molecule has 0 fully saturated rings. The molecule has 0 amide bonds. The Balaban J connectivity index is 2.05. The first-order valence-corrected chi connectivity index (χ1v) is 7.76. The molecule has 0 aromatic heterocycles. The maximum Gasteiger partial charge on any atom is 0.313 e. The van der Waals surface area contributed by atoms with Crippen molar-refractivity contribution in [3.05, 3.63) is 42.0 Å². The quantitative estimate of drug-likeness (QED) is 0.252. The molecule has 0 unspecified atom stereocenters. The fraction of sp³-hybridized carbons (Fsp3) is 0.444. The number of esters is 1. The molecule has 0 bridgehead atoms. The molecule has 132 valence electrons. The smallest absolute Gasteiger partial charge is 0.313 e. The number of carbonyl (C=O) groups excluding carboxylic acids is 2. The van der Waals surface area contributed by atoms with Gasteiger partial charge in [-0.25, -0.2) is 0 Å². The third-order valence-corrected chi connectivity index (χ3v) is 2.93. The second-order valence-corrected chi connectivity index (χ2v) is 4.87. The van der Waals surface area contributed by atoms with Crippen molar-refractivity contribution in [2.24, 2.45) is 0 Å². The SMILES string of the molecule is CCOC(=O)CC(=O)COC/C=C/COCc1ccc(OC)cc1. The predicted octanol–water partition coefficient (Wildman–Crippen LogP) is 2.31. The summed E-state index contributed by atoms with van der Waals surface area (Å²) in [6.45, 7) is 3.11. The fourth-order valence-electron chi connectivity index (χ4n) is 1.77. The Morgan fingerprint density at radius 3 is 2.33 bits per heavy atom. The lowest BCUT2D eigenvalue weighted by atomic mass is 10.2. The molecule has 0 N–H and O–H groups in total. The van der Waals surface area contributed by atoms with Crippen LogP contribution in [0.2, 0.25) is 0 Å². The molecule has 0 saturated carbocycles. The van der Waals surface area contributed by atoms with Crippen LogP contribution in [0.25, 0.3) is 0 Å². The molecule has 0 heterocycles. The highest BCUT2D eigenvalue weighted by molar-refractivity contribution is 5.96. The van der Waals surface area contributed by atoms with Crippen LogP contribution >= 0.6 is 0 Å². The first-order chi connectivity index (χ1) is 11.7. The Morgan fingerprint density at radius 2 is 1.71 bits per heavy atom. The number of hydrogen-bond acceptors (Lipinski definition) is 6. The van der Waals surface area contributed by atoms with Gasteiger partial charge in [0.15, 0.2) is 5.78 Å². The van der Waals surface area contributed by atoms with Gasteiger partial charge in [-0.1, -0.05) is 24.3 Å². The Morgan fingerprint density at radius 1 is 1.04 bits per heavy atom. The molecule has 0 saturated heterocycles. The maximum absolute atomic E-state index is 11.4. The summed E-state index contributed by atoms with van der Waals surface area (Å²) in [5.41, 5.74) is 1.06. The van der Waals surface area contributed by atoms with E-state index in [1.165, 1.54) is 0 Å². The summed E-state index contributed by atoms with van der Waals surface area (Å²) in [7, 11) is 1.63. The van der Waals surface area contributed by atoms with E-state index in [0.717, 1.165) is 11.3 Å². The van der Waals surface area contributed by atoms with Gasteiger partial charge < -0.3 is 18.9 Å². The van der Waals surface area contributed by atoms with Crippen LogP contribution in [-0.4, -0.2) is 45.3 Å². The van der Waals surface area contributed by atoms with E-state index in [4.69, 9.17) is 14.2 Å². The Hall–Kier alpha value is -2.18. The van der Waals surface area contributed by atoms with Gasteiger partial charge in [-0.3, -0.25) is 9.59 Å². The predicted molar refractivity (Wildman–Crippen MR) is 88.9 cm³/mol. The lowest BCUT2D eigenvalue weighted by molar-refractivity contribution is -0.146. The number of Topliss-reactive ketones (excluding diaryl/α,β-unsaturated/α-hetero) is 1. The minimum atomic E-state index is -0.520. The highest BCUT2D eigenvalue weighted by Crippen LogP contribution is 2.11. The standard InChI is InChI=1S/C18H24O6/c1-3-24-18(20)12-16(19)14-23-11-5-4-10-22-13-15-6-8-17(21-2)9-7-15/h4-9H,3,10-14H2,1-2H3/b5-4+. The number of ether oxygens (including phenoxy) is 4. The molecule has 6 nitrogen and oxygen atoms in total. The number of benzene rings is 1. The molecule has 0 aliphatic heterocycles. The summed E-state index contributed by atoms with van der Waals surface area (Å²) in [4.78, 5) is 22.5. The molecule has 0 atom stereocenters. The number of rotatable bonds is 12. The van der Waals surface area contributed by atoms with Crippen molar-refractivity contribution in [3.63, 3.8) is 0 Å². The lowest BCUT2D eigenvalue weighted by Crippen LogP contribution is -2.15. The summed E-state index contributed by atoms with van der Waals surface area (Å²) in [5.74, 6) is -0.000483. The van der Waals surface area contributed by atoms with E-state index in [1.54, 1.807) is 20.1 Å². The van der Waals surface area contributed by atoms with E-state index in [1.807, 2.05) is 30.3 Å². The van der Waals surface area contributed by atoms with Crippen LogP contribution in [0.15, 0.2) is 36.4 Å². The molecule has 0 radical (unpaired) electrons. The molecule has 1 rings (SSSR count). The van der Waals surface area contributed by atoms with Gasteiger partial charge in [0.25, 0.3) is 0 Å². The highest BCUT2D eigenvalue weighted by atomic mass is 16.5. The van der Waals surface area contributed by atoms with Crippen LogP contribution in [0, 0.1) is 0 Å². The molecular formula is C18H24O6. The van der Waals surface area contributed by atoms with Crippen molar-refractivity contribution in [2.75, 3.05) is 33.5 Å². The van der Waals surface area contributed by atoms with E-state index in [-0.39, 0.29) is 25.4 Å². The molecule has 0 spiro atoms. The van der Waals surface area contributed by atoms with Crippen LogP contribution < -0.4 is 4.74 Å². The summed E-state index contributed by atoms with van der Waals surface area (Å²) >= 11 is 0. The molecule has 0 aliphatic carbocycles. The zero-order valence-electron chi connectivity index (χ0n) is 14.2. The third-order valence-electron chi connectivity index (χ3n) is 2.93. The summed E-state index contributed by atoms with van der Waals surface area (Å²) in [5, 5.41) is 0. The molecule has 24 heavy (non-hydrogen) atoms. The number of methoxy groups -OCH3 is 1. The van der Waals surface area contributed by atoms with Crippen LogP contribution in [0.3, 0.4) is 0 Å². The first-order valence-electron chi connectivity index (χ1n) is 7.76. The molecule has 1 aromatic rings. The summed E-state index contributed by atoms with van der Waals surface area (Å²) in [6.07, 6.45) is 3.34. The van der Waals surface area contributed by atoms with Gasteiger partial charge in [0.2, 0.25) is 0 Å². The van der Waals surface area contributed by atoms with Crippen molar-refractivity contribution in [1.82, 2.24) is 0 Å². The van der Waals surface area contributed by atoms with E-state index in [2.05, 4.69) is 4.74 Å². The summed E-state index contributed by atoms with van der Waals surface area (Å²) in [6, 6.07) is 7.66. The maximum atomic E-state index is 11.4. The van der Waals surface area contributed by atoms with Crippen LogP contribution in [0.5, 0.6) is 5.75 Å². The van der Waals surface area contributed by atoms with Gasteiger partial charge in [-0.05, 0) is 24.6 Å². The number of hydrogen-bond donors (Lipinski definition) is 0.